The van der Waals surface area contributed by atoms with Gasteiger partial charge in [-0.1, -0.05) is 0 Å². The van der Waals surface area contributed by atoms with Crippen LogP contribution in [-0.2, 0) is 14.3 Å². The number of rotatable bonds is 7. The van der Waals surface area contributed by atoms with Crippen molar-refractivity contribution in [1.82, 2.24) is 0 Å². The van der Waals surface area contributed by atoms with E-state index in [-0.39, 0.29) is 29.9 Å². The zero-order valence-corrected chi connectivity index (χ0v) is 23.3. The first-order valence-corrected chi connectivity index (χ1v) is 13.6. The van der Waals surface area contributed by atoms with Gasteiger partial charge in [0.1, 0.15) is 28.6 Å². The van der Waals surface area contributed by atoms with E-state index in [1.54, 1.807) is 43.3 Å². The van der Waals surface area contributed by atoms with Gasteiger partial charge < -0.3 is 24.1 Å². The first-order valence-electron chi connectivity index (χ1n) is 12.6. The lowest BCUT2D eigenvalue weighted by Crippen LogP contribution is -2.59. The highest BCUT2D eigenvalue weighted by Crippen LogP contribution is 2.63. The second kappa shape index (κ2) is 9.84. The second-order valence-corrected chi connectivity index (χ2v) is 12.4. The molecule has 4 fully saturated rings. The number of phenolic OH excluding ortho intramolecular Hbond substituents is 1. The van der Waals surface area contributed by atoms with Gasteiger partial charge in [-0.2, -0.15) is 8.78 Å². The highest BCUT2D eigenvalue weighted by Gasteiger charge is 2.60. The van der Waals surface area contributed by atoms with Gasteiger partial charge in [-0.05, 0) is 122 Å². The number of carbonyl (C=O) groups is 2. The summed E-state index contributed by atoms with van der Waals surface area (Å²) in [6, 6.07) is 9.97. The van der Waals surface area contributed by atoms with Crippen LogP contribution < -0.4 is 9.47 Å². The van der Waals surface area contributed by atoms with Gasteiger partial charge in [0.2, 0.25) is 0 Å². The number of benzene rings is 2. The summed E-state index contributed by atoms with van der Waals surface area (Å²) in [5.74, 6) is -2.89. The predicted molar refractivity (Wildman–Crippen MR) is 141 cm³/mol. The summed E-state index contributed by atoms with van der Waals surface area (Å²) >= 11 is 2.03. The van der Waals surface area contributed by atoms with Crippen LogP contribution >= 0.6 is 22.6 Å². The molecular weight excluding hydrogens is 613 g/mol. The lowest BCUT2D eigenvalue weighted by Gasteiger charge is -2.60. The fourth-order valence-corrected chi connectivity index (χ4v) is 7.50. The van der Waals surface area contributed by atoms with Crippen molar-refractivity contribution >= 4 is 34.7 Å². The number of hydrogen-bond donors (Lipinski definition) is 1. The molecule has 1 N–H and O–H groups in total. The van der Waals surface area contributed by atoms with Crippen molar-refractivity contribution in [2.75, 3.05) is 6.61 Å². The van der Waals surface area contributed by atoms with E-state index in [1.165, 1.54) is 0 Å². The van der Waals surface area contributed by atoms with Gasteiger partial charge in [0.15, 0.2) is 0 Å². The number of ether oxygens (including phenoxy) is 4. The highest BCUT2D eigenvalue weighted by molar-refractivity contribution is 14.1. The Morgan fingerprint density at radius 3 is 2.29 bits per heavy atom. The van der Waals surface area contributed by atoms with E-state index in [9.17, 15) is 23.5 Å². The molecule has 4 bridgehead atoms. The zero-order chi connectivity index (χ0) is 27.3. The molecule has 2 unspecified atom stereocenters. The molecule has 0 saturated heterocycles. The van der Waals surface area contributed by atoms with Crippen LogP contribution in [0.25, 0.3) is 0 Å². The lowest BCUT2D eigenvalue weighted by molar-refractivity contribution is -0.199. The number of alkyl halides is 2. The minimum atomic E-state index is -3.54. The van der Waals surface area contributed by atoms with E-state index in [0.29, 0.717) is 46.8 Å². The molecule has 4 aliphatic carbocycles. The van der Waals surface area contributed by atoms with Crippen LogP contribution in [0.4, 0.5) is 13.6 Å². The van der Waals surface area contributed by atoms with Gasteiger partial charge in [-0.15, -0.1) is 0 Å². The molecule has 0 heterocycles. The van der Waals surface area contributed by atoms with Crippen molar-refractivity contribution in [1.29, 1.82) is 0 Å². The van der Waals surface area contributed by atoms with E-state index < -0.39 is 29.1 Å². The Hall–Kier alpha value is -2.63. The summed E-state index contributed by atoms with van der Waals surface area (Å²) < 4.78 is 49.6. The molecule has 10 heteroatoms. The Morgan fingerprint density at radius 2 is 1.68 bits per heavy atom. The summed E-state index contributed by atoms with van der Waals surface area (Å²) in [5, 5.41) is 9.93. The summed E-state index contributed by atoms with van der Waals surface area (Å²) in [4.78, 5) is 24.5. The van der Waals surface area contributed by atoms with Crippen LogP contribution in [-0.4, -0.2) is 35.4 Å². The molecule has 0 spiro atoms. The minimum Gasteiger partial charge on any atom is -0.507 e. The number of hydrogen-bond acceptors (Lipinski definition) is 7. The standard InChI is InChI=1S/C28H29F2IO7/c1-16-7-21(9-22(31)23(16)32)36-19-3-5-20(6-4-19)37-25(34)38-28-12-17-8-18(13-28)11-27(10-17,14-28)15-35-24(33)26(2,29)30/h3-7,9,17-18,32H,8,10-15H2,1-2H3. The molecule has 6 rings (SSSR count). The van der Waals surface area contributed by atoms with Gasteiger partial charge in [-0.3, -0.25) is 0 Å². The molecule has 38 heavy (non-hydrogen) atoms. The third-order valence-electron chi connectivity index (χ3n) is 7.78. The molecule has 0 aliphatic heterocycles. The maximum atomic E-state index is 13.3. The average Bonchev–Trinajstić information content (AvgIpc) is 2.80. The number of esters is 1. The van der Waals surface area contributed by atoms with Crippen molar-refractivity contribution in [3.63, 3.8) is 0 Å². The average molecular weight is 642 g/mol. The van der Waals surface area contributed by atoms with Gasteiger partial charge >= 0.3 is 18.0 Å². The monoisotopic (exact) mass is 642 g/mol. The largest absolute Gasteiger partial charge is 0.514 e. The summed E-state index contributed by atoms with van der Waals surface area (Å²) in [6.45, 7) is 2.22. The summed E-state index contributed by atoms with van der Waals surface area (Å²) in [7, 11) is 0. The van der Waals surface area contributed by atoms with E-state index in [2.05, 4.69) is 0 Å². The topological polar surface area (TPSA) is 91.3 Å². The molecule has 7 nitrogen and oxygen atoms in total. The third kappa shape index (κ3) is 5.69. The Balaban J connectivity index is 1.21. The normalized spacial score (nSPS) is 27.6. The summed E-state index contributed by atoms with van der Waals surface area (Å²) in [6.07, 6.45) is 3.56. The minimum absolute atomic E-state index is 0.0938. The van der Waals surface area contributed by atoms with Gasteiger partial charge in [0, 0.05) is 12.3 Å². The van der Waals surface area contributed by atoms with Crippen molar-refractivity contribution in [3.8, 4) is 23.0 Å². The third-order valence-corrected chi connectivity index (χ3v) is 8.61. The van der Waals surface area contributed by atoms with Crippen LogP contribution in [0.3, 0.4) is 0 Å². The number of phenols is 1. The van der Waals surface area contributed by atoms with Crippen molar-refractivity contribution < 1.29 is 42.4 Å². The molecule has 0 amide bonds. The fourth-order valence-electron chi connectivity index (χ4n) is 6.77. The number of halogens is 3. The van der Waals surface area contributed by atoms with Crippen LogP contribution in [0.5, 0.6) is 23.0 Å². The van der Waals surface area contributed by atoms with E-state index in [0.717, 1.165) is 19.3 Å². The Bertz CT molecular complexity index is 1200. The predicted octanol–water partition coefficient (Wildman–Crippen LogP) is 7.15. The Labute approximate surface area is 232 Å². The van der Waals surface area contributed by atoms with Gasteiger partial charge in [0.05, 0.1) is 10.2 Å². The van der Waals surface area contributed by atoms with Crippen LogP contribution in [0, 0.1) is 27.7 Å². The Morgan fingerprint density at radius 1 is 1.05 bits per heavy atom. The maximum Gasteiger partial charge on any atom is 0.514 e. The van der Waals surface area contributed by atoms with Crippen LogP contribution in [0.1, 0.15) is 51.0 Å². The maximum absolute atomic E-state index is 13.3. The van der Waals surface area contributed by atoms with Crippen molar-refractivity contribution in [2.45, 2.75) is 63.9 Å². The highest BCUT2D eigenvalue weighted by atomic mass is 127. The zero-order valence-electron chi connectivity index (χ0n) is 21.1. The van der Waals surface area contributed by atoms with E-state index >= 15 is 0 Å². The molecular formula is C28H29F2IO7. The molecule has 4 saturated carbocycles. The lowest BCUT2D eigenvalue weighted by atomic mass is 9.48. The number of aryl methyl sites for hydroxylation is 1. The van der Waals surface area contributed by atoms with E-state index in [1.807, 2.05) is 22.6 Å². The first-order chi connectivity index (χ1) is 17.8. The van der Waals surface area contributed by atoms with Gasteiger partial charge in [0.25, 0.3) is 0 Å². The first kappa shape index (κ1) is 27.0. The van der Waals surface area contributed by atoms with Gasteiger partial charge in [-0.25, -0.2) is 9.59 Å². The summed E-state index contributed by atoms with van der Waals surface area (Å²) in [5.41, 5.74) is -0.518. The van der Waals surface area contributed by atoms with Crippen molar-refractivity contribution in [3.05, 3.63) is 45.5 Å². The molecule has 204 valence electrons. The molecule has 2 aromatic carbocycles. The molecule has 2 aromatic rings. The van der Waals surface area contributed by atoms with Crippen LogP contribution in [0.2, 0.25) is 0 Å². The fraction of sp³-hybridized carbons (Fsp3) is 0.500. The van der Waals surface area contributed by atoms with Crippen molar-refractivity contribution in [2.24, 2.45) is 17.3 Å². The quantitative estimate of drug-likeness (QED) is 0.195. The SMILES string of the molecule is Cc1cc(Oc2ccc(OC(=O)OC34CC5CC(CC(COC(=O)C(C)(F)F)(C5)C3)C4)cc2)cc(I)c1O. The number of aromatic hydroxyl groups is 1. The van der Waals surface area contributed by atoms with Crippen LogP contribution in [0.15, 0.2) is 36.4 Å². The molecule has 0 aromatic heterocycles. The second-order valence-electron chi connectivity index (χ2n) is 11.2. The molecule has 0 radical (unpaired) electrons. The van der Waals surface area contributed by atoms with E-state index in [4.69, 9.17) is 18.9 Å². The molecule has 4 aliphatic rings. The Kier molecular flexibility index (Phi) is 6.98. The smallest absolute Gasteiger partial charge is 0.507 e. The number of carbonyl (C=O) groups excluding carboxylic acids is 2. The molecule has 2 atom stereocenters.